The van der Waals surface area contributed by atoms with Crippen molar-refractivity contribution >= 4 is 17.8 Å². The number of rotatable bonds is 5. The van der Waals surface area contributed by atoms with E-state index in [1.165, 1.54) is 0 Å². The average Bonchev–Trinajstić information content (AvgIpc) is 3.32. The number of carbonyl (C=O) groups excluding carboxylic acids is 2. The lowest BCUT2D eigenvalue weighted by Gasteiger charge is -2.31. The Morgan fingerprint density at radius 3 is 2.73 bits per heavy atom. The van der Waals surface area contributed by atoms with Crippen molar-refractivity contribution in [2.45, 2.75) is 32.7 Å². The molecule has 1 N–H and O–H groups in total. The van der Waals surface area contributed by atoms with Gasteiger partial charge in [0.1, 0.15) is 18.1 Å². The van der Waals surface area contributed by atoms with E-state index in [4.69, 9.17) is 14.7 Å². The number of amides is 2. The van der Waals surface area contributed by atoms with Gasteiger partial charge in [-0.05, 0) is 31.9 Å². The number of hydrogen-bond acceptors (Lipinski definition) is 7. The highest BCUT2D eigenvalue weighted by molar-refractivity contribution is 5.81. The van der Waals surface area contributed by atoms with Crippen LogP contribution < -0.4 is 10.2 Å². The summed E-state index contributed by atoms with van der Waals surface area (Å²) in [6.45, 7) is 4.73. The van der Waals surface area contributed by atoms with Crippen LogP contribution in [0.2, 0.25) is 0 Å². The molecule has 0 spiro atoms. The van der Waals surface area contributed by atoms with Crippen LogP contribution in [0.5, 0.6) is 0 Å². The van der Waals surface area contributed by atoms with E-state index in [1.54, 1.807) is 18.0 Å². The third-order valence-corrected chi connectivity index (χ3v) is 5.31. The van der Waals surface area contributed by atoms with E-state index in [2.05, 4.69) is 15.2 Å². The number of nitrogens with zero attached hydrogens (tertiary/aromatic N) is 5. The molecule has 0 aromatic carbocycles. The van der Waals surface area contributed by atoms with Crippen LogP contribution in [0.4, 0.5) is 10.6 Å². The summed E-state index contributed by atoms with van der Waals surface area (Å²) in [6, 6.07) is 5.43. The SMILES string of the molecule is CCOC(=O)CNC(=O)N1CCc2nc(-c3ccccn3)nc(N3CCCC3)c2C1. The minimum absolute atomic E-state index is 0.135. The molecule has 2 amide bonds. The first-order chi connectivity index (χ1) is 14.7. The Morgan fingerprint density at radius 2 is 2.00 bits per heavy atom. The summed E-state index contributed by atoms with van der Waals surface area (Å²) in [7, 11) is 0. The molecule has 0 radical (unpaired) electrons. The first-order valence-electron chi connectivity index (χ1n) is 10.4. The number of carbonyl (C=O) groups is 2. The van der Waals surface area contributed by atoms with Gasteiger partial charge in [0.2, 0.25) is 0 Å². The fourth-order valence-electron chi connectivity index (χ4n) is 3.84. The lowest BCUT2D eigenvalue weighted by Crippen LogP contribution is -2.45. The molecule has 2 aliphatic heterocycles. The van der Waals surface area contributed by atoms with Crippen LogP contribution in [-0.2, 0) is 22.5 Å². The van der Waals surface area contributed by atoms with E-state index in [0.29, 0.717) is 31.9 Å². The number of fused-ring (bicyclic) bond motifs is 1. The van der Waals surface area contributed by atoms with Gasteiger partial charge in [0.15, 0.2) is 5.82 Å². The first kappa shape index (κ1) is 20.1. The monoisotopic (exact) mass is 410 g/mol. The van der Waals surface area contributed by atoms with E-state index in [0.717, 1.165) is 48.7 Å². The van der Waals surface area contributed by atoms with Gasteiger partial charge in [-0.2, -0.15) is 0 Å². The Kier molecular flexibility index (Phi) is 6.06. The molecule has 9 heteroatoms. The van der Waals surface area contributed by atoms with E-state index in [1.807, 2.05) is 18.2 Å². The normalized spacial score (nSPS) is 15.6. The molecule has 1 fully saturated rings. The van der Waals surface area contributed by atoms with E-state index < -0.39 is 5.97 Å². The third kappa shape index (κ3) is 4.34. The molecule has 4 rings (SSSR count). The predicted octanol–water partition coefficient (Wildman–Crippen LogP) is 1.77. The topological polar surface area (TPSA) is 101 Å². The zero-order valence-corrected chi connectivity index (χ0v) is 17.1. The molecule has 0 aliphatic carbocycles. The second-order valence-corrected chi connectivity index (χ2v) is 7.34. The number of pyridine rings is 1. The summed E-state index contributed by atoms with van der Waals surface area (Å²) in [4.78, 5) is 42.1. The van der Waals surface area contributed by atoms with Crippen LogP contribution in [0, 0.1) is 0 Å². The molecule has 2 aliphatic rings. The molecule has 2 aromatic heterocycles. The number of ether oxygens (including phenoxy) is 1. The molecule has 1 saturated heterocycles. The van der Waals surface area contributed by atoms with E-state index in [-0.39, 0.29) is 12.6 Å². The Bertz CT molecular complexity index is 914. The maximum absolute atomic E-state index is 12.6. The minimum atomic E-state index is -0.440. The molecule has 9 nitrogen and oxygen atoms in total. The van der Waals surface area contributed by atoms with Crippen molar-refractivity contribution in [3.05, 3.63) is 35.7 Å². The Labute approximate surface area is 175 Å². The van der Waals surface area contributed by atoms with E-state index in [9.17, 15) is 9.59 Å². The van der Waals surface area contributed by atoms with Gasteiger partial charge < -0.3 is 19.9 Å². The molecular weight excluding hydrogens is 384 g/mol. The molecule has 2 aromatic rings. The smallest absolute Gasteiger partial charge is 0.325 e. The number of nitrogens with one attached hydrogen (secondary N) is 1. The van der Waals surface area contributed by atoms with Gasteiger partial charge in [-0.3, -0.25) is 9.78 Å². The molecular formula is C21H26N6O3. The lowest BCUT2D eigenvalue weighted by molar-refractivity contribution is -0.141. The van der Waals surface area contributed by atoms with Crippen molar-refractivity contribution in [1.29, 1.82) is 0 Å². The fourth-order valence-corrected chi connectivity index (χ4v) is 3.84. The second-order valence-electron chi connectivity index (χ2n) is 7.34. The Hall–Kier alpha value is -3.23. The average molecular weight is 410 g/mol. The molecule has 4 heterocycles. The molecule has 158 valence electrons. The van der Waals surface area contributed by atoms with Gasteiger partial charge in [0.05, 0.1) is 18.8 Å². The van der Waals surface area contributed by atoms with Crippen LogP contribution in [0.1, 0.15) is 31.0 Å². The van der Waals surface area contributed by atoms with Gasteiger partial charge in [-0.25, -0.2) is 14.8 Å². The lowest BCUT2D eigenvalue weighted by atomic mass is 10.1. The van der Waals surface area contributed by atoms with Crippen molar-refractivity contribution in [2.24, 2.45) is 0 Å². The third-order valence-electron chi connectivity index (χ3n) is 5.31. The number of urea groups is 1. The van der Waals surface area contributed by atoms with Crippen molar-refractivity contribution in [2.75, 3.05) is 37.7 Å². The summed E-state index contributed by atoms with van der Waals surface area (Å²) >= 11 is 0. The Balaban J connectivity index is 1.58. The molecule has 0 bridgehead atoms. The summed E-state index contributed by atoms with van der Waals surface area (Å²) < 4.78 is 4.87. The van der Waals surface area contributed by atoms with Crippen molar-refractivity contribution < 1.29 is 14.3 Å². The van der Waals surface area contributed by atoms with Crippen LogP contribution in [-0.4, -0.2) is 64.6 Å². The van der Waals surface area contributed by atoms with Crippen LogP contribution >= 0.6 is 0 Å². The Morgan fingerprint density at radius 1 is 1.17 bits per heavy atom. The van der Waals surface area contributed by atoms with Crippen molar-refractivity contribution in [1.82, 2.24) is 25.2 Å². The highest BCUT2D eigenvalue weighted by atomic mass is 16.5. The van der Waals surface area contributed by atoms with Crippen LogP contribution in [0.3, 0.4) is 0 Å². The van der Waals surface area contributed by atoms with Crippen molar-refractivity contribution in [3.63, 3.8) is 0 Å². The molecule has 0 saturated carbocycles. The summed E-state index contributed by atoms with van der Waals surface area (Å²) in [5.41, 5.74) is 2.69. The van der Waals surface area contributed by atoms with Gasteiger partial charge >= 0.3 is 12.0 Å². The highest BCUT2D eigenvalue weighted by Gasteiger charge is 2.29. The highest BCUT2D eigenvalue weighted by Crippen LogP contribution is 2.31. The maximum atomic E-state index is 12.6. The molecule has 30 heavy (non-hydrogen) atoms. The summed E-state index contributed by atoms with van der Waals surface area (Å²) in [6.07, 6.45) is 4.62. The largest absolute Gasteiger partial charge is 0.465 e. The number of esters is 1. The second kappa shape index (κ2) is 9.06. The number of hydrogen-bond donors (Lipinski definition) is 1. The number of aromatic nitrogens is 3. The number of anilines is 1. The summed E-state index contributed by atoms with van der Waals surface area (Å²) in [5, 5.41) is 2.64. The zero-order chi connectivity index (χ0) is 20.9. The quantitative estimate of drug-likeness (QED) is 0.750. The van der Waals surface area contributed by atoms with Gasteiger partial charge in [-0.15, -0.1) is 0 Å². The molecule has 0 atom stereocenters. The van der Waals surface area contributed by atoms with E-state index >= 15 is 0 Å². The van der Waals surface area contributed by atoms with Crippen LogP contribution in [0.15, 0.2) is 24.4 Å². The minimum Gasteiger partial charge on any atom is -0.465 e. The standard InChI is InChI=1S/C21H26N6O3/c1-2-30-18(28)13-23-21(29)27-12-8-16-15(14-27)20(26-10-5-6-11-26)25-19(24-16)17-7-3-4-9-22-17/h3-4,7,9H,2,5-6,8,10-14H2,1H3,(H,23,29). The van der Waals surface area contributed by atoms with Gasteiger partial charge in [-0.1, -0.05) is 6.07 Å². The van der Waals surface area contributed by atoms with Gasteiger partial charge in [0, 0.05) is 37.8 Å². The molecule has 0 unspecified atom stereocenters. The van der Waals surface area contributed by atoms with Crippen molar-refractivity contribution in [3.8, 4) is 11.5 Å². The van der Waals surface area contributed by atoms with Crippen LogP contribution in [0.25, 0.3) is 11.5 Å². The summed E-state index contributed by atoms with van der Waals surface area (Å²) in [5.74, 6) is 1.07. The first-order valence-corrected chi connectivity index (χ1v) is 10.4. The zero-order valence-electron chi connectivity index (χ0n) is 17.1. The fraction of sp³-hybridized carbons (Fsp3) is 0.476. The predicted molar refractivity (Wildman–Crippen MR) is 111 cm³/mol. The van der Waals surface area contributed by atoms with Gasteiger partial charge in [0.25, 0.3) is 0 Å². The maximum Gasteiger partial charge on any atom is 0.325 e.